The number of hydrogen-bond donors (Lipinski definition) is 2. The second kappa shape index (κ2) is 9.59. The molecule has 0 aliphatic carbocycles. The first-order valence-corrected chi connectivity index (χ1v) is 8.30. The molecule has 2 rings (SSSR count). The first-order valence-electron chi connectivity index (χ1n) is 8.30. The molecule has 7 heteroatoms. The molecule has 0 saturated carbocycles. The Bertz CT molecular complexity index is 787. The summed E-state index contributed by atoms with van der Waals surface area (Å²) in [5.41, 5.74) is 1.30. The van der Waals surface area contributed by atoms with Crippen LogP contribution in [-0.2, 0) is 27.2 Å². The molecule has 2 unspecified atom stereocenters. The Morgan fingerprint density at radius 3 is 1.93 bits per heavy atom. The van der Waals surface area contributed by atoms with Crippen molar-refractivity contribution in [2.75, 3.05) is 14.2 Å². The lowest BCUT2D eigenvalue weighted by atomic mass is 10.1. The van der Waals surface area contributed by atoms with Gasteiger partial charge in [0, 0.05) is 12.8 Å². The summed E-state index contributed by atoms with van der Waals surface area (Å²) in [6.07, 6.45) is -2.94. The third-order valence-electron chi connectivity index (χ3n) is 3.92. The highest BCUT2D eigenvalue weighted by molar-refractivity contribution is 5.80. The summed E-state index contributed by atoms with van der Waals surface area (Å²) in [4.78, 5) is 23.6. The molecule has 0 aromatic heterocycles. The van der Waals surface area contributed by atoms with Gasteiger partial charge in [0.15, 0.2) is 6.10 Å². The number of methoxy groups -OCH3 is 2. The second-order valence-electron chi connectivity index (χ2n) is 5.89. The van der Waals surface area contributed by atoms with Gasteiger partial charge < -0.3 is 24.4 Å². The fourth-order valence-corrected chi connectivity index (χ4v) is 2.52. The Morgan fingerprint density at radius 1 is 0.926 bits per heavy atom. The molecule has 0 bridgehead atoms. The number of benzene rings is 2. The van der Waals surface area contributed by atoms with Gasteiger partial charge in [-0.05, 0) is 35.4 Å². The molecule has 0 aliphatic rings. The van der Waals surface area contributed by atoms with E-state index in [1.165, 1.54) is 14.2 Å². The molecule has 0 spiro atoms. The number of rotatable bonds is 9. The molecule has 0 amide bonds. The molecule has 7 nitrogen and oxygen atoms in total. The summed E-state index contributed by atoms with van der Waals surface area (Å²) in [5, 5.41) is 19.4. The van der Waals surface area contributed by atoms with Crippen molar-refractivity contribution in [3.05, 3.63) is 59.7 Å². The summed E-state index contributed by atoms with van der Waals surface area (Å²) < 4.78 is 15.2. The lowest BCUT2D eigenvalue weighted by Gasteiger charge is -2.17. The Morgan fingerprint density at radius 2 is 1.44 bits per heavy atom. The number of carboxylic acids is 1. The number of esters is 1. The normalized spacial score (nSPS) is 12.7. The molecule has 27 heavy (non-hydrogen) atoms. The van der Waals surface area contributed by atoms with Crippen molar-refractivity contribution < 1.29 is 34.0 Å². The van der Waals surface area contributed by atoms with E-state index in [1.807, 2.05) is 0 Å². The van der Waals surface area contributed by atoms with E-state index in [0.717, 1.165) is 0 Å². The molecular formula is C20H22O7. The van der Waals surface area contributed by atoms with Crippen molar-refractivity contribution in [1.82, 2.24) is 0 Å². The summed E-state index contributed by atoms with van der Waals surface area (Å²) >= 11 is 0. The highest BCUT2D eigenvalue weighted by Crippen LogP contribution is 2.17. The van der Waals surface area contributed by atoms with Crippen molar-refractivity contribution in [3.8, 4) is 11.5 Å². The zero-order chi connectivity index (χ0) is 19.8. The predicted octanol–water partition coefficient (Wildman–Crippen LogP) is 1.85. The maximum atomic E-state index is 12.1. The van der Waals surface area contributed by atoms with Gasteiger partial charge in [-0.15, -0.1) is 0 Å². The maximum absolute atomic E-state index is 12.1. The topological polar surface area (TPSA) is 102 Å². The van der Waals surface area contributed by atoms with Crippen molar-refractivity contribution >= 4 is 11.9 Å². The number of carbonyl (C=O) groups excluding carboxylic acids is 1. The molecule has 0 heterocycles. The minimum Gasteiger partial charge on any atom is -0.497 e. The second-order valence-corrected chi connectivity index (χ2v) is 5.89. The molecule has 2 atom stereocenters. The fourth-order valence-electron chi connectivity index (χ4n) is 2.52. The predicted molar refractivity (Wildman–Crippen MR) is 96.9 cm³/mol. The third-order valence-corrected chi connectivity index (χ3v) is 3.92. The highest BCUT2D eigenvalue weighted by atomic mass is 16.6. The van der Waals surface area contributed by atoms with E-state index in [9.17, 15) is 19.8 Å². The van der Waals surface area contributed by atoms with Crippen LogP contribution in [0.2, 0.25) is 0 Å². The van der Waals surface area contributed by atoms with E-state index in [-0.39, 0.29) is 12.8 Å². The molecule has 144 valence electrons. The number of aliphatic carboxylic acids is 1. The van der Waals surface area contributed by atoms with E-state index in [4.69, 9.17) is 14.2 Å². The average Bonchev–Trinajstić information content (AvgIpc) is 2.67. The molecule has 2 N–H and O–H groups in total. The Kier molecular flexibility index (Phi) is 7.19. The van der Waals surface area contributed by atoms with Crippen LogP contribution in [0.5, 0.6) is 11.5 Å². The number of aliphatic hydroxyl groups excluding tert-OH is 1. The zero-order valence-corrected chi connectivity index (χ0v) is 15.1. The summed E-state index contributed by atoms with van der Waals surface area (Å²) in [5.74, 6) is -1.12. The van der Waals surface area contributed by atoms with E-state index in [2.05, 4.69) is 0 Å². The van der Waals surface area contributed by atoms with Crippen LogP contribution in [0.4, 0.5) is 0 Å². The SMILES string of the molecule is COc1cccc(CC(O)C(=O)OC(Cc2cccc(OC)c2)C(=O)O)c1. The van der Waals surface area contributed by atoms with Gasteiger partial charge in [-0.25, -0.2) is 9.59 Å². The van der Waals surface area contributed by atoms with Gasteiger partial charge >= 0.3 is 11.9 Å². The van der Waals surface area contributed by atoms with Gasteiger partial charge in [0.25, 0.3) is 0 Å². The Balaban J connectivity index is 2.01. The molecule has 0 saturated heterocycles. The van der Waals surface area contributed by atoms with E-state index >= 15 is 0 Å². The highest BCUT2D eigenvalue weighted by Gasteiger charge is 2.27. The Labute approximate surface area is 157 Å². The van der Waals surface area contributed by atoms with Crippen LogP contribution in [0.15, 0.2) is 48.5 Å². The van der Waals surface area contributed by atoms with Crippen LogP contribution in [-0.4, -0.2) is 48.6 Å². The summed E-state index contributed by atoms with van der Waals surface area (Å²) in [6.45, 7) is 0. The minimum atomic E-state index is -1.48. The molecule has 2 aromatic rings. The maximum Gasteiger partial charge on any atom is 0.345 e. The minimum absolute atomic E-state index is 0.0124. The first kappa shape index (κ1) is 20.3. The summed E-state index contributed by atoms with van der Waals surface area (Å²) in [6, 6.07) is 13.7. The van der Waals surface area contributed by atoms with Gasteiger partial charge in [0.05, 0.1) is 14.2 Å². The van der Waals surface area contributed by atoms with E-state index in [0.29, 0.717) is 22.6 Å². The van der Waals surface area contributed by atoms with Crippen LogP contribution in [0.25, 0.3) is 0 Å². The number of carboxylic acid groups (broad SMARTS) is 1. The zero-order valence-electron chi connectivity index (χ0n) is 15.1. The number of ether oxygens (including phenoxy) is 3. The molecular weight excluding hydrogens is 352 g/mol. The van der Waals surface area contributed by atoms with Crippen LogP contribution in [0, 0.1) is 0 Å². The molecule has 0 radical (unpaired) electrons. The van der Waals surface area contributed by atoms with Crippen LogP contribution < -0.4 is 9.47 Å². The summed E-state index contributed by atoms with van der Waals surface area (Å²) in [7, 11) is 3.02. The van der Waals surface area contributed by atoms with Crippen LogP contribution in [0.1, 0.15) is 11.1 Å². The Hall–Kier alpha value is -3.06. The number of aliphatic hydroxyl groups is 1. The smallest absolute Gasteiger partial charge is 0.345 e. The van der Waals surface area contributed by atoms with Crippen LogP contribution in [0.3, 0.4) is 0 Å². The largest absolute Gasteiger partial charge is 0.497 e. The van der Waals surface area contributed by atoms with Crippen molar-refractivity contribution in [2.24, 2.45) is 0 Å². The number of hydrogen-bond acceptors (Lipinski definition) is 6. The average molecular weight is 374 g/mol. The van der Waals surface area contributed by atoms with Gasteiger partial charge in [-0.2, -0.15) is 0 Å². The first-order chi connectivity index (χ1) is 12.9. The third kappa shape index (κ3) is 6.00. The quantitative estimate of drug-likeness (QED) is 0.646. The van der Waals surface area contributed by atoms with Crippen molar-refractivity contribution in [3.63, 3.8) is 0 Å². The molecule has 0 fully saturated rings. The van der Waals surface area contributed by atoms with Gasteiger partial charge in [0.1, 0.15) is 11.5 Å². The van der Waals surface area contributed by atoms with Gasteiger partial charge in [0.2, 0.25) is 6.10 Å². The van der Waals surface area contributed by atoms with Crippen LogP contribution >= 0.6 is 0 Å². The lowest BCUT2D eigenvalue weighted by Crippen LogP contribution is -2.35. The lowest BCUT2D eigenvalue weighted by molar-refractivity contribution is -0.170. The van der Waals surface area contributed by atoms with E-state index in [1.54, 1.807) is 48.5 Å². The standard InChI is InChI=1S/C20H22O7/c1-25-15-7-3-5-13(9-15)11-17(21)20(24)27-18(19(22)23)12-14-6-4-8-16(10-14)26-2/h3-10,17-18,21H,11-12H2,1-2H3,(H,22,23). The molecule has 2 aromatic carbocycles. The fraction of sp³-hybridized carbons (Fsp3) is 0.300. The van der Waals surface area contributed by atoms with Crippen molar-refractivity contribution in [1.29, 1.82) is 0 Å². The number of carbonyl (C=O) groups is 2. The van der Waals surface area contributed by atoms with Gasteiger partial charge in [-0.1, -0.05) is 24.3 Å². The molecule has 0 aliphatic heterocycles. The van der Waals surface area contributed by atoms with Gasteiger partial charge in [-0.3, -0.25) is 0 Å². The van der Waals surface area contributed by atoms with E-state index < -0.39 is 24.1 Å². The van der Waals surface area contributed by atoms with Crippen molar-refractivity contribution in [2.45, 2.75) is 25.0 Å². The monoisotopic (exact) mass is 374 g/mol.